The molecule has 0 aliphatic rings. The van der Waals surface area contributed by atoms with Gasteiger partial charge in [-0.05, 0) is 62.2 Å². The van der Waals surface area contributed by atoms with Gasteiger partial charge in [-0.3, -0.25) is 13.9 Å². The number of halogens is 2. The lowest BCUT2D eigenvalue weighted by Crippen LogP contribution is -2.52. The van der Waals surface area contributed by atoms with Crippen LogP contribution in [0.3, 0.4) is 0 Å². The van der Waals surface area contributed by atoms with Crippen LogP contribution in [0.5, 0.6) is 0 Å². The van der Waals surface area contributed by atoms with Gasteiger partial charge in [0.05, 0.1) is 15.6 Å². The van der Waals surface area contributed by atoms with E-state index in [4.69, 9.17) is 23.2 Å². The van der Waals surface area contributed by atoms with Crippen molar-refractivity contribution in [1.82, 2.24) is 10.2 Å². The minimum atomic E-state index is -4.17. The molecule has 0 aliphatic carbocycles. The Morgan fingerprint density at radius 2 is 1.50 bits per heavy atom. The molecule has 2 atom stereocenters. The van der Waals surface area contributed by atoms with Crippen LogP contribution in [0, 0.1) is 0 Å². The number of hydrogen-bond acceptors (Lipinski definition) is 4. The number of amides is 2. The molecule has 0 aliphatic heterocycles. The van der Waals surface area contributed by atoms with Crippen LogP contribution in [-0.2, 0) is 26.2 Å². The Balaban J connectivity index is 2.02. The molecule has 38 heavy (non-hydrogen) atoms. The number of benzene rings is 3. The maximum absolute atomic E-state index is 13.9. The fraction of sp³-hybridized carbons (Fsp3) is 0.286. The summed E-state index contributed by atoms with van der Waals surface area (Å²) in [6.07, 6.45) is 0.721. The molecule has 1 N–H and O–H groups in total. The minimum absolute atomic E-state index is 0.0135. The van der Waals surface area contributed by atoms with Crippen LogP contribution in [-0.4, -0.2) is 43.8 Å². The average Bonchev–Trinajstić information content (AvgIpc) is 2.91. The number of nitrogens with zero attached hydrogens (tertiary/aromatic N) is 2. The molecule has 10 heteroatoms. The Kier molecular flexibility index (Phi) is 10.2. The molecule has 202 valence electrons. The van der Waals surface area contributed by atoms with Crippen molar-refractivity contribution in [2.45, 2.75) is 50.7 Å². The second kappa shape index (κ2) is 13.1. The third-order valence-electron chi connectivity index (χ3n) is 6.17. The first-order valence-corrected chi connectivity index (χ1v) is 14.4. The Morgan fingerprint density at radius 3 is 2.11 bits per heavy atom. The molecule has 3 aromatic carbocycles. The van der Waals surface area contributed by atoms with E-state index in [-0.39, 0.29) is 34.1 Å². The molecule has 0 spiro atoms. The van der Waals surface area contributed by atoms with Crippen LogP contribution in [0.15, 0.2) is 83.8 Å². The summed E-state index contributed by atoms with van der Waals surface area (Å²) in [6, 6.07) is 20.2. The summed E-state index contributed by atoms with van der Waals surface area (Å²) >= 11 is 12.4. The summed E-state index contributed by atoms with van der Waals surface area (Å²) in [6.45, 7) is 4.96. The summed E-state index contributed by atoms with van der Waals surface area (Å²) in [4.78, 5) is 28.3. The molecular formula is C28H31Cl2N3O4S. The number of hydrogen-bond donors (Lipinski definition) is 1. The molecule has 0 saturated heterocycles. The first kappa shape index (κ1) is 29.5. The molecule has 7 nitrogen and oxygen atoms in total. The third kappa shape index (κ3) is 7.28. The number of anilines is 1. The van der Waals surface area contributed by atoms with Gasteiger partial charge in [0, 0.05) is 17.6 Å². The number of carbonyl (C=O) groups excluding carboxylic acids is 2. The molecule has 3 aromatic rings. The van der Waals surface area contributed by atoms with Gasteiger partial charge < -0.3 is 10.2 Å². The number of carbonyl (C=O) groups is 2. The van der Waals surface area contributed by atoms with E-state index in [2.05, 4.69) is 5.32 Å². The number of rotatable bonds is 11. The van der Waals surface area contributed by atoms with E-state index in [9.17, 15) is 18.0 Å². The van der Waals surface area contributed by atoms with Crippen LogP contribution in [0.2, 0.25) is 10.0 Å². The highest BCUT2D eigenvalue weighted by molar-refractivity contribution is 7.92. The van der Waals surface area contributed by atoms with Crippen molar-refractivity contribution >= 4 is 50.7 Å². The van der Waals surface area contributed by atoms with E-state index in [0.717, 1.165) is 16.3 Å². The lowest BCUT2D eigenvalue weighted by Gasteiger charge is -2.32. The highest BCUT2D eigenvalue weighted by Gasteiger charge is 2.33. The van der Waals surface area contributed by atoms with Gasteiger partial charge in [-0.1, -0.05) is 72.6 Å². The monoisotopic (exact) mass is 575 g/mol. The minimum Gasteiger partial charge on any atom is -0.352 e. The van der Waals surface area contributed by atoms with Gasteiger partial charge >= 0.3 is 0 Å². The molecule has 0 radical (unpaired) electrons. The number of para-hydroxylation sites is 1. The van der Waals surface area contributed by atoms with Gasteiger partial charge in [0.2, 0.25) is 11.8 Å². The van der Waals surface area contributed by atoms with Gasteiger partial charge in [0.1, 0.15) is 12.6 Å². The van der Waals surface area contributed by atoms with Crippen molar-refractivity contribution in [3.05, 3.63) is 94.5 Å². The molecule has 0 bridgehead atoms. The van der Waals surface area contributed by atoms with Crippen molar-refractivity contribution < 1.29 is 18.0 Å². The topological polar surface area (TPSA) is 86.8 Å². The molecule has 0 saturated carbocycles. The number of nitrogens with one attached hydrogen (secondary N) is 1. The maximum atomic E-state index is 13.9. The molecule has 2 unspecified atom stereocenters. The predicted molar refractivity (Wildman–Crippen MR) is 152 cm³/mol. The van der Waals surface area contributed by atoms with Gasteiger partial charge in [0.25, 0.3) is 10.0 Å². The first-order chi connectivity index (χ1) is 18.0. The summed E-state index contributed by atoms with van der Waals surface area (Å²) in [5, 5.41) is 3.61. The normalized spacial score (nSPS) is 12.9. The van der Waals surface area contributed by atoms with E-state index in [1.54, 1.807) is 73.7 Å². The van der Waals surface area contributed by atoms with Crippen LogP contribution in [0.4, 0.5) is 5.69 Å². The lowest BCUT2D eigenvalue weighted by molar-refractivity contribution is -0.139. The second-order valence-corrected chi connectivity index (χ2v) is 11.6. The quantitative estimate of drug-likeness (QED) is 0.326. The first-order valence-electron chi connectivity index (χ1n) is 12.2. The lowest BCUT2D eigenvalue weighted by atomic mass is 10.1. The summed E-state index contributed by atoms with van der Waals surface area (Å²) in [7, 11) is -4.17. The van der Waals surface area contributed by atoms with Gasteiger partial charge in [-0.15, -0.1) is 0 Å². The standard InChI is InChI=1S/C28H31Cl2N3O4S/c1-4-20(2)31-28(35)21(3)32(18-22-14-16-23(29)17-15-22)27(34)19-33(26-13-9-8-12-25(26)30)38(36,37)24-10-6-5-7-11-24/h5-17,20-21H,4,18-19H2,1-3H3,(H,31,35). The number of sulfonamides is 1. The SMILES string of the molecule is CCC(C)NC(=O)C(C)N(Cc1ccc(Cl)cc1)C(=O)CN(c1ccccc1Cl)S(=O)(=O)c1ccccc1. The zero-order valence-corrected chi connectivity index (χ0v) is 23.8. The second-order valence-electron chi connectivity index (χ2n) is 8.92. The largest absolute Gasteiger partial charge is 0.352 e. The van der Waals surface area contributed by atoms with E-state index >= 15 is 0 Å². The summed E-state index contributed by atoms with van der Waals surface area (Å²) < 4.78 is 28.4. The maximum Gasteiger partial charge on any atom is 0.264 e. The highest BCUT2D eigenvalue weighted by atomic mass is 35.5. The fourth-order valence-corrected chi connectivity index (χ4v) is 5.59. The predicted octanol–water partition coefficient (Wildman–Crippen LogP) is 5.52. The molecule has 0 fully saturated rings. The van der Waals surface area contributed by atoms with Crippen molar-refractivity contribution in [2.24, 2.45) is 0 Å². The van der Waals surface area contributed by atoms with Gasteiger partial charge in [-0.25, -0.2) is 8.42 Å². The van der Waals surface area contributed by atoms with Crippen LogP contribution >= 0.6 is 23.2 Å². The molecule has 0 aromatic heterocycles. The van der Waals surface area contributed by atoms with Gasteiger partial charge in [0.15, 0.2) is 0 Å². The van der Waals surface area contributed by atoms with E-state index < -0.39 is 28.5 Å². The van der Waals surface area contributed by atoms with Crippen molar-refractivity contribution in [3.8, 4) is 0 Å². The van der Waals surface area contributed by atoms with E-state index in [1.165, 1.54) is 17.0 Å². The Labute approximate surface area is 234 Å². The van der Waals surface area contributed by atoms with E-state index in [0.29, 0.717) is 5.02 Å². The van der Waals surface area contributed by atoms with Crippen molar-refractivity contribution in [2.75, 3.05) is 10.8 Å². The third-order valence-corrected chi connectivity index (χ3v) is 8.51. The van der Waals surface area contributed by atoms with Crippen LogP contribution in [0.1, 0.15) is 32.8 Å². The molecule has 2 amide bonds. The van der Waals surface area contributed by atoms with Crippen LogP contribution in [0.25, 0.3) is 0 Å². The molecule has 0 heterocycles. The van der Waals surface area contributed by atoms with Crippen molar-refractivity contribution in [1.29, 1.82) is 0 Å². The summed E-state index contributed by atoms with van der Waals surface area (Å²) in [5.41, 5.74) is 0.899. The summed E-state index contributed by atoms with van der Waals surface area (Å²) in [5.74, 6) is -0.900. The average molecular weight is 577 g/mol. The Hall–Kier alpha value is -3.07. The molecule has 3 rings (SSSR count). The van der Waals surface area contributed by atoms with E-state index in [1.807, 2.05) is 13.8 Å². The Morgan fingerprint density at radius 1 is 0.895 bits per heavy atom. The highest BCUT2D eigenvalue weighted by Crippen LogP contribution is 2.30. The zero-order valence-electron chi connectivity index (χ0n) is 21.5. The smallest absolute Gasteiger partial charge is 0.264 e. The fourth-order valence-electron chi connectivity index (χ4n) is 3.72. The van der Waals surface area contributed by atoms with Gasteiger partial charge in [-0.2, -0.15) is 0 Å². The Bertz CT molecular complexity index is 1350. The zero-order chi connectivity index (χ0) is 27.9. The molecular weight excluding hydrogens is 545 g/mol. The van der Waals surface area contributed by atoms with Crippen LogP contribution < -0.4 is 9.62 Å². The van der Waals surface area contributed by atoms with Crippen molar-refractivity contribution in [3.63, 3.8) is 0 Å².